The van der Waals surface area contributed by atoms with E-state index in [1.165, 1.54) is 31.5 Å². The molecule has 2 aliphatic rings. The van der Waals surface area contributed by atoms with E-state index in [-0.39, 0.29) is 0 Å². The molecule has 2 fully saturated rings. The molecule has 0 unspecified atom stereocenters. The van der Waals surface area contributed by atoms with Crippen LogP contribution in [0.3, 0.4) is 0 Å². The molecule has 0 radical (unpaired) electrons. The molecule has 3 rings (SSSR count). The summed E-state index contributed by atoms with van der Waals surface area (Å²) in [5, 5.41) is 4.41. The second kappa shape index (κ2) is 7.05. The van der Waals surface area contributed by atoms with Gasteiger partial charge in [-0.2, -0.15) is 0 Å². The fraction of sp³-hybridized carbons (Fsp3) is 0.471. The average molecular weight is 302 g/mol. The van der Waals surface area contributed by atoms with Crippen LogP contribution in [-0.2, 0) is 0 Å². The third kappa shape index (κ3) is 4.55. The molecule has 4 heteroatoms. The van der Waals surface area contributed by atoms with Crippen molar-refractivity contribution in [3.63, 3.8) is 0 Å². The van der Waals surface area contributed by atoms with Gasteiger partial charge in [0.25, 0.3) is 0 Å². The van der Waals surface area contributed by atoms with Crippen molar-refractivity contribution in [1.29, 1.82) is 0 Å². The predicted molar refractivity (Wildman–Crippen MR) is 91.4 cm³/mol. The Morgan fingerprint density at radius 2 is 1.95 bits per heavy atom. The Morgan fingerprint density at radius 3 is 2.62 bits per heavy atom. The number of thiocarbonyl (C=S) groups is 1. The zero-order valence-electron chi connectivity index (χ0n) is 12.4. The van der Waals surface area contributed by atoms with E-state index in [0.717, 1.165) is 24.7 Å². The molecule has 1 aromatic carbocycles. The van der Waals surface area contributed by atoms with Gasteiger partial charge in [-0.15, -0.1) is 0 Å². The molecule has 0 bridgehead atoms. The van der Waals surface area contributed by atoms with E-state index in [0.29, 0.717) is 6.04 Å². The second-order valence-electron chi connectivity index (χ2n) is 5.98. The fourth-order valence-corrected chi connectivity index (χ4v) is 3.00. The molecule has 0 atom stereocenters. The van der Waals surface area contributed by atoms with Crippen LogP contribution >= 0.6 is 12.2 Å². The SMILES string of the molecule is S=C(NC1CC1)N1CC[NH+](C/C=C/c2ccccc2)CC1. The summed E-state index contributed by atoms with van der Waals surface area (Å²) in [5.41, 5.74) is 1.28. The van der Waals surface area contributed by atoms with Gasteiger partial charge in [-0.3, -0.25) is 0 Å². The first-order chi connectivity index (χ1) is 10.3. The minimum Gasteiger partial charge on any atom is -0.360 e. The van der Waals surface area contributed by atoms with E-state index in [2.05, 4.69) is 52.7 Å². The van der Waals surface area contributed by atoms with E-state index < -0.39 is 0 Å². The molecule has 1 aliphatic carbocycles. The summed E-state index contributed by atoms with van der Waals surface area (Å²) < 4.78 is 0. The zero-order chi connectivity index (χ0) is 14.5. The number of piperazine rings is 1. The molecule has 1 saturated carbocycles. The minimum atomic E-state index is 0.664. The van der Waals surface area contributed by atoms with Crippen molar-refractivity contribution in [3.8, 4) is 0 Å². The molecule has 3 nitrogen and oxygen atoms in total. The summed E-state index contributed by atoms with van der Waals surface area (Å²) >= 11 is 5.47. The van der Waals surface area contributed by atoms with Crippen LogP contribution in [0.1, 0.15) is 18.4 Å². The van der Waals surface area contributed by atoms with Gasteiger partial charge in [0, 0.05) is 6.04 Å². The summed E-state index contributed by atoms with van der Waals surface area (Å²) in [4.78, 5) is 3.98. The minimum absolute atomic E-state index is 0.664. The number of quaternary nitrogens is 1. The molecule has 2 N–H and O–H groups in total. The summed E-state index contributed by atoms with van der Waals surface area (Å²) in [6, 6.07) is 11.2. The first-order valence-corrected chi connectivity index (χ1v) is 8.33. The molecule has 1 heterocycles. The lowest BCUT2D eigenvalue weighted by Gasteiger charge is -2.33. The molecule has 1 saturated heterocycles. The van der Waals surface area contributed by atoms with Crippen molar-refractivity contribution in [2.45, 2.75) is 18.9 Å². The van der Waals surface area contributed by atoms with E-state index in [1.54, 1.807) is 4.90 Å². The quantitative estimate of drug-likeness (QED) is 0.808. The van der Waals surface area contributed by atoms with Gasteiger partial charge in [0.1, 0.15) is 0 Å². The first kappa shape index (κ1) is 14.5. The molecule has 0 aromatic heterocycles. The lowest BCUT2D eigenvalue weighted by Crippen LogP contribution is -3.14. The van der Waals surface area contributed by atoms with Gasteiger partial charge >= 0.3 is 0 Å². The summed E-state index contributed by atoms with van der Waals surface area (Å²) in [7, 11) is 0. The third-order valence-corrected chi connectivity index (χ3v) is 4.56. The number of nitrogens with one attached hydrogen (secondary N) is 2. The topological polar surface area (TPSA) is 19.7 Å². The molecule has 112 valence electrons. The molecule has 1 aromatic rings. The van der Waals surface area contributed by atoms with Gasteiger partial charge in [-0.1, -0.05) is 36.4 Å². The van der Waals surface area contributed by atoms with Crippen LogP contribution in [0.5, 0.6) is 0 Å². The molecule has 1 aliphatic heterocycles. The average Bonchev–Trinajstić information content (AvgIpc) is 3.33. The van der Waals surface area contributed by atoms with Crippen molar-refractivity contribution in [2.24, 2.45) is 0 Å². The van der Waals surface area contributed by atoms with Crippen LogP contribution in [0.15, 0.2) is 36.4 Å². The van der Waals surface area contributed by atoms with E-state index in [1.807, 2.05) is 0 Å². The van der Waals surface area contributed by atoms with Gasteiger partial charge in [0.15, 0.2) is 5.11 Å². The Labute approximate surface area is 132 Å². The van der Waals surface area contributed by atoms with Gasteiger partial charge < -0.3 is 15.1 Å². The van der Waals surface area contributed by atoms with Gasteiger partial charge in [0.2, 0.25) is 0 Å². The van der Waals surface area contributed by atoms with Crippen LogP contribution in [0.4, 0.5) is 0 Å². The number of hydrogen-bond acceptors (Lipinski definition) is 1. The van der Waals surface area contributed by atoms with Crippen LogP contribution in [-0.4, -0.2) is 48.8 Å². The third-order valence-electron chi connectivity index (χ3n) is 4.18. The van der Waals surface area contributed by atoms with Crippen molar-refractivity contribution < 1.29 is 4.90 Å². The van der Waals surface area contributed by atoms with Crippen molar-refractivity contribution in [1.82, 2.24) is 10.2 Å². The van der Waals surface area contributed by atoms with Gasteiger partial charge in [-0.25, -0.2) is 0 Å². The highest BCUT2D eigenvalue weighted by Crippen LogP contribution is 2.18. The van der Waals surface area contributed by atoms with Crippen LogP contribution in [0, 0.1) is 0 Å². The fourth-order valence-electron chi connectivity index (χ4n) is 2.65. The van der Waals surface area contributed by atoms with E-state index >= 15 is 0 Å². The van der Waals surface area contributed by atoms with Crippen LogP contribution in [0.25, 0.3) is 6.08 Å². The van der Waals surface area contributed by atoms with E-state index in [9.17, 15) is 0 Å². The molecule has 21 heavy (non-hydrogen) atoms. The van der Waals surface area contributed by atoms with Gasteiger partial charge in [-0.05, 0) is 36.7 Å². The van der Waals surface area contributed by atoms with Crippen LogP contribution in [0.2, 0.25) is 0 Å². The largest absolute Gasteiger partial charge is 0.360 e. The number of nitrogens with zero attached hydrogens (tertiary/aromatic N) is 1. The van der Waals surface area contributed by atoms with Crippen molar-refractivity contribution >= 4 is 23.4 Å². The van der Waals surface area contributed by atoms with E-state index in [4.69, 9.17) is 12.2 Å². The highest BCUT2D eigenvalue weighted by atomic mass is 32.1. The second-order valence-corrected chi connectivity index (χ2v) is 6.36. The summed E-state index contributed by atoms with van der Waals surface area (Å²) in [6.45, 7) is 5.60. The standard InChI is InChI=1S/C17H23N3S/c21-17(18-16-8-9-16)20-13-11-19(12-14-20)10-4-7-15-5-2-1-3-6-15/h1-7,16H,8-14H2,(H,18,21)/p+1/b7-4+. The Kier molecular flexibility index (Phi) is 4.88. The molecule has 0 spiro atoms. The number of rotatable bonds is 4. The smallest absolute Gasteiger partial charge is 0.169 e. The maximum atomic E-state index is 5.47. The maximum Gasteiger partial charge on any atom is 0.169 e. The molecule has 0 amide bonds. The molecular weight excluding hydrogens is 278 g/mol. The highest BCUT2D eigenvalue weighted by molar-refractivity contribution is 7.80. The highest BCUT2D eigenvalue weighted by Gasteiger charge is 2.26. The van der Waals surface area contributed by atoms with Crippen molar-refractivity contribution in [3.05, 3.63) is 42.0 Å². The monoisotopic (exact) mass is 302 g/mol. The number of hydrogen-bond donors (Lipinski definition) is 2. The Bertz CT molecular complexity index is 488. The Morgan fingerprint density at radius 1 is 1.24 bits per heavy atom. The maximum absolute atomic E-state index is 5.47. The Hall–Kier alpha value is -1.39. The van der Waals surface area contributed by atoms with Crippen molar-refractivity contribution in [2.75, 3.05) is 32.7 Å². The lowest BCUT2D eigenvalue weighted by molar-refractivity contribution is -0.897. The molecular formula is C17H24N3S+. The lowest BCUT2D eigenvalue weighted by atomic mass is 10.2. The zero-order valence-corrected chi connectivity index (χ0v) is 13.2. The normalized spacial score (nSPS) is 19.9. The number of benzene rings is 1. The summed E-state index contributed by atoms with van der Waals surface area (Å²) in [6.07, 6.45) is 7.09. The van der Waals surface area contributed by atoms with Gasteiger partial charge in [0.05, 0.1) is 32.7 Å². The Balaban J connectivity index is 1.39. The first-order valence-electron chi connectivity index (χ1n) is 7.92. The summed E-state index contributed by atoms with van der Waals surface area (Å²) in [5.74, 6) is 0. The predicted octanol–water partition coefficient (Wildman–Crippen LogP) is 0.937. The van der Waals surface area contributed by atoms with Crippen LogP contribution < -0.4 is 10.2 Å².